The number of ether oxygens (including phenoxy) is 2. The van der Waals surface area contributed by atoms with E-state index in [1.165, 1.54) is 11.1 Å². The standard InChI is InChI=1S/C24H30N2O3/c1-28-22-12-10-18(11-13-22)6-5-9-24(27)25-20-14-21-17-29-23(16-26(21)15-20)19-7-3-2-4-8-19/h2-4,7-8,10-13,20-21,23H,5-6,9,14-17H2,1H3,(H,25,27)/t20-,21+,23-/m1/s1. The lowest BCUT2D eigenvalue weighted by Gasteiger charge is -2.35. The van der Waals surface area contributed by atoms with Crippen LogP contribution in [-0.4, -0.2) is 49.7 Å². The molecule has 0 aromatic heterocycles. The minimum absolute atomic E-state index is 0.131. The Balaban J connectivity index is 1.20. The van der Waals surface area contributed by atoms with Gasteiger partial charge in [-0.15, -0.1) is 0 Å². The maximum absolute atomic E-state index is 12.4. The van der Waals surface area contributed by atoms with Gasteiger partial charge in [0, 0.05) is 31.6 Å². The molecule has 4 rings (SSSR count). The SMILES string of the molecule is COc1ccc(CCCC(=O)N[C@@H]2C[C@H]3CO[C@@H](c4ccccc4)CN3C2)cc1. The maximum atomic E-state index is 12.4. The second-order valence-electron chi connectivity index (χ2n) is 8.04. The van der Waals surface area contributed by atoms with E-state index in [2.05, 4.69) is 46.6 Å². The number of carbonyl (C=O) groups is 1. The van der Waals surface area contributed by atoms with E-state index in [0.717, 1.165) is 44.7 Å². The summed E-state index contributed by atoms with van der Waals surface area (Å²) in [4.78, 5) is 14.9. The first-order valence-corrected chi connectivity index (χ1v) is 10.5. The Morgan fingerprint density at radius 2 is 1.93 bits per heavy atom. The molecule has 2 aromatic carbocycles. The van der Waals surface area contributed by atoms with Crippen LogP contribution in [0.25, 0.3) is 0 Å². The molecule has 2 heterocycles. The molecule has 0 unspecified atom stereocenters. The van der Waals surface area contributed by atoms with Gasteiger partial charge >= 0.3 is 0 Å². The van der Waals surface area contributed by atoms with Gasteiger partial charge in [0.05, 0.1) is 19.8 Å². The van der Waals surface area contributed by atoms with Crippen molar-refractivity contribution < 1.29 is 14.3 Å². The average Bonchev–Trinajstić information content (AvgIpc) is 3.16. The summed E-state index contributed by atoms with van der Waals surface area (Å²) in [7, 11) is 1.67. The monoisotopic (exact) mass is 394 g/mol. The zero-order chi connectivity index (χ0) is 20.1. The number of hydrogen-bond acceptors (Lipinski definition) is 4. The van der Waals surface area contributed by atoms with E-state index < -0.39 is 0 Å². The molecule has 29 heavy (non-hydrogen) atoms. The molecule has 1 N–H and O–H groups in total. The van der Waals surface area contributed by atoms with Crippen molar-refractivity contribution in [1.82, 2.24) is 10.2 Å². The minimum atomic E-state index is 0.131. The Morgan fingerprint density at radius 1 is 1.14 bits per heavy atom. The number of fused-ring (bicyclic) bond motifs is 1. The molecule has 1 amide bonds. The second kappa shape index (κ2) is 9.42. The van der Waals surface area contributed by atoms with Gasteiger partial charge < -0.3 is 14.8 Å². The van der Waals surface area contributed by atoms with Crippen LogP contribution in [0, 0.1) is 0 Å². The van der Waals surface area contributed by atoms with Crippen molar-refractivity contribution in [3.05, 3.63) is 65.7 Å². The molecular weight excluding hydrogens is 364 g/mol. The Kier molecular flexibility index (Phi) is 6.47. The van der Waals surface area contributed by atoms with Crippen molar-refractivity contribution in [3.8, 4) is 5.75 Å². The zero-order valence-electron chi connectivity index (χ0n) is 17.0. The first-order valence-electron chi connectivity index (χ1n) is 10.5. The lowest BCUT2D eigenvalue weighted by molar-refractivity contribution is -0.121. The van der Waals surface area contributed by atoms with Crippen molar-refractivity contribution in [3.63, 3.8) is 0 Å². The minimum Gasteiger partial charge on any atom is -0.497 e. The first-order chi connectivity index (χ1) is 14.2. The van der Waals surface area contributed by atoms with E-state index in [4.69, 9.17) is 9.47 Å². The van der Waals surface area contributed by atoms with E-state index >= 15 is 0 Å². The molecule has 5 nitrogen and oxygen atoms in total. The van der Waals surface area contributed by atoms with Gasteiger partial charge in [0.1, 0.15) is 5.75 Å². The summed E-state index contributed by atoms with van der Waals surface area (Å²) in [5, 5.41) is 3.24. The zero-order valence-corrected chi connectivity index (χ0v) is 17.0. The number of nitrogens with zero attached hydrogens (tertiary/aromatic N) is 1. The summed E-state index contributed by atoms with van der Waals surface area (Å²) < 4.78 is 11.3. The summed E-state index contributed by atoms with van der Waals surface area (Å²) in [6.07, 6.45) is 3.44. The van der Waals surface area contributed by atoms with Gasteiger partial charge in [-0.05, 0) is 42.5 Å². The molecule has 154 valence electrons. The third kappa shape index (κ3) is 5.17. The Morgan fingerprint density at radius 3 is 2.69 bits per heavy atom. The highest BCUT2D eigenvalue weighted by atomic mass is 16.5. The van der Waals surface area contributed by atoms with Crippen LogP contribution in [0.5, 0.6) is 5.75 Å². The molecule has 2 aromatic rings. The highest BCUT2D eigenvalue weighted by Gasteiger charge is 2.38. The van der Waals surface area contributed by atoms with Crippen LogP contribution in [0.15, 0.2) is 54.6 Å². The Labute approximate surface area is 173 Å². The van der Waals surface area contributed by atoms with Gasteiger partial charge in [-0.1, -0.05) is 42.5 Å². The molecule has 2 fully saturated rings. The predicted molar refractivity (Wildman–Crippen MR) is 113 cm³/mol. The second-order valence-corrected chi connectivity index (χ2v) is 8.04. The molecule has 0 radical (unpaired) electrons. The van der Waals surface area contributed by atoms with Crippen molar-refractivity contribution in [1.29, 1.82) is 0 Å². The predicted octanol–water partition coefficient (Wildman–Crippen LogP) is 3.35. The summed E-state index contributed by atoms with van der Waals surface area (Å²) in [6, 6.07) is 19.1. The quantitative estimate of drug-likeness (QED) is 0.783. The maximum Gasteiger partial charge on any atom is 0.220 e. The molecule has 3 atom stereocenters. The van der Waals surface area contributed by atoms with Crippen LogP contribution >= 0.6 is 0 Å². The topological polar surface area (TPSA) is 50.8 Å². The molecule has 5 heteroatoms. The fourth-order valence-electron chi connectivity index (χ4n) is 4.39. The summed E-state index contributed by atoms with van der Waals surface area (Å²) >= 11 is 0. The van der Waals surface area contributed by atoms with Gasteiger partial charge in [0.25, 0.3) is 0 Å². The number of methoxy groups -OCH3 is 1. The number of amides is 1. The fourth-order valence-corrected chi connectivity index (χ4v) is 4.39. The Bertz CT molecular complexity index is 794. The van der Waals surface area contributed by atoms with Crippen LogP contribution in [0.3, 0.4) is 0 Å². The van der Waals surface area contributed by atoms with Gasteiger partial charge in [-0.25, -0.2) is 0 Å². The average molecular weight is 395 g/mol. The fraction of sp³-hybridized carbons (Fsp3) is 0.458. The number of rotatable bonds is 7. The summed E-state index contributed by atoms with van der Waals surface area (Å²) in [5.41, 5.74) is 2.47. The third-order valence-electron chi connectivity index (χ3n) is 5.98. The highest BCUT2D eigenvalue weighted by Crippen LogP contribution is 2.30. The Hall–Kier alpha value is -2.37. The number of hydrogen-bond donors (Lipinski definition) is 1. The highest BCUT2D eigenvalue weighted by molar-refractivity contribution is 5.76. The number of carbonyl (C=O) groups excluding carboxylic acids is 1. The lowest BCUT2D eigenvalue weighted by atomic mass is 10.1. The van der Waals surface area contributed by atoms with E-state index in [9.17, 15) is 4.79 Å². The number of nitrogens with one attached hydrogen (secondary N) is 1. The van der Waals surface area contributed by atoms with Crippen molar-refractivity contribution in [2.45, 2.75) is 43.9 Å². The van der Waals surface area contributed by atoms with Gasteiger partial charge in [-0.3, -0.25) is 9.69 Å². The number of morpholine rings is 1. The van der Waals surface area contributed by atoms with Crippen molar-refractivity contribution >= 4 is 5.91 Å². The van der Waals surface area contributed by atoms with E-state index in [-0.39, 0.29) is 18.1 Å². The van der Waals surface area contributed by atoms with E-state index in [1.54, 1.807) is 7.11 Å². The molecular formula is C24H30N2O3. The van der Waals surface area contributed by atoms with Gasteiger partial charge in [0.2, 0.25) is 5.91 Å². The van der Waals surface area contributed by atoms with Crippen molar-refractivity contribution in [2.24, 2.45) is 0 Å². The number of benzene rings is 2. The van der Waals surface area contributed by atoms with Crippen LogP contribution < -0.4 is 10.1 Å². The molecule has 2 saturated heterocycles. The summed E-state index contributed by atoms with van der Waals surface area (Å²) in [6.45, 7) is 2.56. The van der Waals surface area contributed by atoms with Crippen LogP contribution in [0.1, 0.15) is 36.5 Å². The van der Waals surface area contributed by atoms with Gasteiger partial charge in [0.15, 0.2) is 0 Å². The normalized spacial score (nSPS) is 24.1. The molecule has 0 bridgehead atoms. The molecule has 0 aliphatic carbocycles. The van der Waals surface area contributed by atoms with Crippen LogP contribution in [-0.2, 0) is 16.0 Å². The van der Waals surface area contributed by atoms with Crippen LogP contribution in [0.2, 0.25) is 0 Å². The van der Waals surface area contributed by atoms with E-state index in [0.29, 0.717) is 12.5 Å². The summed E-state index contributed by atoms with van der Waals surface area (Å²) in [5.74, 6) is 1.02. The number of aryl methyl sites for hydroxylation is 1. The lowest BCUT2D eigenvalue weighted by Crippen LogP contribution is -2.43. The first kappa shape index (κ1) is 19.9. The van der Waals surface area contributed by atoms with Crippen molar-refractivity contribution in [2.75, 3.05) is 26.8 Å². The molecule has 2 aliphatic heterocycles. The largest absolute Gasteiger partial charge is 0.497 e. The smallest absolute Gasteiger partial charge is 0.220 e. The molecule has 0 spiro atoms. The third-order valence-corrected chi connectivity index (χ3v) is 5.98. The van der Waals surface area contributed by atoms with Crippen LogP contribution in [0.4, 0.5) is 0 Å². The molecule has 0 saturated carbocycles. The van der Waals surface area contributed by atoms with Gasteiger partial charge in [-0.2, -0.15) is 0 Å². The molecule has 2 aliphatic rings. The van der Waals surface area contributed by atoms with E-state index in [1.807, 2.05) is 18.2 Å².